The Morgan fingerprint density at radius 2 is 2.04 bits per heavy atom. The normalized spacial score (nSPS) is 12.4. The fourth-order valence-electron chi connectivity index (χ4n) is 2.11. The third-order valence-electron chi connectivity index (χ3n) is 3.16. The van der Waals surface area contributed by atoms with E-state index in [1.165, 1.54) is 4.90 Å². The highest BCUT2D eigenvalue weighted by Crippen LogP contribution is 2.27. The third-order valence-corrected chi connectivity index (χ3v) is 5.58. The lowest BCUT2D eigenvalue weighted by molar-refractivity contribution is -0.130. The molecule has 8 heteroatoms. The monoisotopic (exact) mass is 369 g/mol. The minimum Gasteiger partial charge on any atom is -0.309 e. The summed E-state index contributed by atoms with van der Waals surface area (Å²) in [5.41, 5.74) is 1.53. The van der Waals surface area contributed by atoms with E-state index < -0.39 is 15.8 Å². The van der Waals surface area contributed by atoms with Crippen LogP contribution in [-0.2, 0) is 14.6 Å². The van der Waals surface area contributed by atoms with Gasteiger partial charge in [0.15, 0.2) is 0 Å². The van der Waals surface area contributed by atoms with Crippen molar-refractivity contribution in [2.24, 2.45) is 5.92 Å². The Balaban J connectivity index is 2.95. The molecule has 1 aromatic rings. The highest BCUT2D eigenvalue weighted by Gasteiger charge is 2.25. The molecule has 0 fully saturated rings. The van der Waals surface area contributed by atoms with Gasteiger partial charge in [0.25, 0.3) is 0 Å². The van der Waals surface area contributed by atoms with Crippen LogP contribution in [0.1, 0.15) is 26.3 Å². The van der Waals surface area contributed by atoms with Gasteiger partial charge in [0.05, 0.1) is 10.8 Å². The number of hydrogen-bond donors (Lipinski definition) is 1. The van der Waals surface area contributed by atoms with Crippen LogP contribution in [0.5, 0.6) is 0 Å². The van der Waals surface area contributed by atoms with Crippen LogP contribution in [0.25, 0.3) is 0 Å². The molecule has 132 valence electrons. The summed E-state index contributed by atoms with van der Waals surface area (Å²) in [6.45, 7) is 5.30. The highest BCUT2D eigenvalue weighted by atomic mass is 32.2. The van der Waals surface area contributed by atoms with Crippen molar-refractivity contribution in [2.45, 2.75) is 20.8 Å². The second kappa shape index (κ2) is 8.43. The number of amides is 1. The van der Waals surface area contributed by atoms with Crippen molar-refractivity contribution in [3.8, 4) is 0 Å². The molecule has 0 aliphatic rings. The molecule has 0 saturated carbocycles. The topological polar surface area (TPSA) is 91.2 Å². The van der Waals surface area contributed by atoms with E-state index in [2.05, 4.69) is 4.98 Å². The molecule has 0 saturated heterocycles. The number of nitrogens with zero attached hydrogens (tertiary/aromatic N) is 2. The number of thioether (sulfide) groups is 1. The van der Waals surface area contributed by atoms with Gasteiger partial charge in [-0.15, -0.1) is 0 Å². The molecule has 0 aliphatic carbocycles. The van der Waals surface area contributed by atoms with Gasteiger partial charge in [-0.25, -0.2) is 8.42 Å². The van der Waals surface area contributed by atoms with E-state index >= 15 is 0 Å². The first-order chi connectivity index (χ1) is 11.0. The number of aromatic nitrogens is 1. The molecule has 0 bridgehead atoms. The van der Waals surface area contributed by atoms with Gasteiger partial charge in [0.2, 0.25) is 5.91 Å². The van der Waals surface area contributed by atoms with E-state index in [9.17, 15) is 13.2 Å². The minimum atomic E-state index is -3.23. The van der Waals surface area contributed by atoms with Crippen molar-refractivity contribution in [3.63, 3.8) is 0 Å². The van der Waals surface area contributed by atoms with E-state index in [1.54, 1.807) is 38.5 Å². The van der Waals surface area contributed by atoms with Gasteiger partial charge < -0.3 is 4.90 Å². The summed E-state index contributed by atoms with van der Waals surface area (Å²) < 4.78 is 22.8. The van der Waals surface area contributed by atoms with Crippen LogP contribution in [0.15, 0.2) is 35.1 Å². The predicted octanol–water partition coefficient (Wildman–Crippen LogP) is 2.53. The lowest BCUT2D eigenvalue weighted by atomic mass is 10.2. The van der Waals surface area contributed by atoms with E-state index in [0.717, 1.165) is 23.6 Å². The average molecular weight is 370 g/mol. The molecule has 24 heavy (non-hydrogen) atoms. The zero-order valence-electron chi connectivity index (χ0n) is 14.5. The standard InChI is InChI=1S/C16H23N3O3S2/c1-11(2)16(23-14(17)13-7-6-8-18-9-13)19(4)15(20)12(3)10-24(5,21)22/h6-9,12,17H,10H2,1-5H3. The van der Waals surface area contributed by atoms with Gasteiger partial charge in [0, 0.05) is 37.2 Å². The molecule has 0 radical (unpaired) electrons. The lowest BCUT2D eigenvalue weighted by Crippen LogP contribution is -2.34. The molecule has 0 spiro atoms. The summed E-state index contributed by atoms with van der Waals surface area (Å²) in [6.07, 6.45) is 4.34. The Bertz CT molecular complexity index is 739. The van der Waals surface area contributed by atoms with Crippen LogP contribution in [0.2, 0.25) is 0 Å². The predicted molar refractivity (Wildman–Crippen MR) is 98.7 cm³/mol. The van der Waals surface area contributed by atoms with Gasteiger partial charge in [-0.3, -0.25) is 15.2 Å². The smallest absolute Gasteiger partial charge is 0.230 e. The first-order valence-corrected chi connectivity index (χ1v) is 10.2. The van der Waals surface area contributed by atoms with Crippen molar-refractivity contribution in [1.82, 2.24) is 9.88 Å². The van der Waals surface area contributed by atoms with Gasteiger partial charge in [-0.2, -0.15) is 0 Å². The summed E-state index contributed by atoms with van der Waals surface area (Å²) >= 11 is 1.16. The van der Waals surface area contributed by atoms with Crippen LogP contribution < -0.4 is 0 Å². The molecule has 1 amide bonds. The zero-order valence-corrected chi connectivity index (χ0v) is 16.2. The van der Waals surface area contributed by atoms with Crippen molar-refractivity contribution < 1.29 is 13.2 Å². The molecule has 6 nitrogen and oxygen atoms in total. The van der Waals surface area contributed by atoms with E-state index in [-0.39, 0.29) is 16.7 Å². The van der Waals surface area contributed by atoms with Crippen molar-refractivity contribution in [2.75, 3.05) is 19.1 Å². The third kappa shape index (κ3) is 6.09. The average Bonchev–Trinajstić information content (AvgIpc) is 2.49. The Morgan fingerprint density at radius 3 is 2.50 bits per heavy atom. The van der Waals surface area contributed by atoms with Crippen LogP contribution in [-0.4, -0.2) is 48.3 Å². The van der Waals surface area contributed by atoms with Crippen LogP contribution in [0.3, 0.4) is 0 Å². The molecule has 1 aromatic heterocycles. The van der Waals surface area contributed by atoms with Crippen molar-refractivity contribution in [1.29, 1.82) is 5.41 Å². The van der Waals surface area contributed by atoms with Crippen molar-refractivity contribution in [3.05, 3.63) is 40.7 Å². The number of hydrogen-bond acceptors (Lipinski definition) is 6. The van der Waals surface area contributed by atoms with Crippen LogP contribution >= 0.6 is 11.8 Å². The molecule has 0 aliphatic heterocycles. The van der Waals surface area contributed by atoms with E-state index in [1.807, 2.05) is 13.8 Å². The fourth-order valence-corrected chi connectivity index (χ4v) is 4.03. The van der Waals surface area contributed by atoms with E-state index in [4.69, 9.17) is 5.41 Å². The second-order valence-corrected chi connectivity index (χ2v) is 9.05. The zero-order chi connectivity index (χ0) is 18.5. The Morgan fingerprint density at radius 1 is 1.42 bits per heavy atom. The number of carbonyl (C=O) groups excluding carboxylic acids is 1. The number of rotatable bonds is 6. The van der Waals surface area contributed by atoms with Gasteiger partial charge in [-0.05, 0) is 31.6 Å². The minimum absolute atomic E-state index is 0.197. The first-order valence-electron chi connectivity index (χ1n) is 7.32. The van der Waals surface area contributed by atoms with Crippen LogP contribution in [0, 0.1) is 11.3 Å². The lowest BCUT2D eigenvalue weighted by Gasteiger charge is -2.25. The number of nitrogens with one attached hydrogen (secondary N) is 1. The Kier molecular flexibility index (Phi) is 7.16. The molecule has 1 heterocycles. The Labute approximate surface area is 147 Å². The fraction of sp³-hybridized carbons (Fsp3) is 0.438. The van der Waals surface area contributed by atoms with Gasteiger partial charge in [0.1, 0.15) is 14.9 Å². The number of pyridine rings is 1. The number of sulfone groups is 1. The summed E-state index contributed by atoms with van der Waals surface area (Å²) in [6, 6.07) is 3.52. The second-order valence-electron chi connectivity index (χ2n) is 5.87. The SMILES string of the molecule is CC(C)=C(SC(=N)c1cccnc1)N(C)C(=O)C(C)CS(C)(=O)=O. The number of carbonyl (C=O) groups is 1. The van der Waals surface area contributed by atoms with Gasteiger partial charge >= 0.3 is 0 Å². The molecular weight excluding hydrogens is 346 g/mol. The maximum Gasteiger partial charge on any atom is 0.230 e. The summed E-state index contributed by atoms with van der Waals surface area (Å²) in [4.78, 5) is 17.9. The molecular formula is C16H23N3O3S2. The van der Waals surface area contributed by atoms with Crippen molar-refractivity contribution >= 4 is 32.6 Å². The largest absolute Gasteiger partial charge is 0.309 e. The molecule has 0 aromatic carbocycles. The highest BCUT2D eigenvalue weighted by molar-refractivity contribution is 8.17. The van der Waals surface area contributed by atoms with E-state index in [0.29, 0.717) is 10.6 Å². The maximum absolute atomic E-state index is 12.5. The number of allylic oxidation sites excluding steroid dienone is 1. The molecule has 1 rings (SSSR count). The summed E-state index contributed by atoms with van der Waals surface area (Å²) in [5.74, 6) is -1.13. The summed E-state index contributed by atoms with van der Waals surface area (Å²) in [5, 5.41) is 9.09. The Hall–Kier alpha value is -1.67. The quantitative estimate of drug-likeness (QED) is 0.614. The molecule has 1 atom stereocenters. The molecule has 1 N–H and O–H groups in total. The molecule has 1 unspecified atom stereocenters. The first kappa shape index (κ1) is 20.4. The maximum atomic E-state index is 12.5. The van der Waals surface area contributed by atoms with Crippen LogP contribution in [0.4, 0.5) is 0 Å². The summed E-state index contributed by atoms with van der Waals surface area (Å²) in [7, 11) is -1.63. The van der Waals surface area contributed by atoms with Gasteiger partial charge in [-0.1, -0.05) is 18.7 Å².